The van der Waals surface area contributed by atoms with Gasteiger partial charge in [0.2, 0.25) is 5.91 Å². The number of nitrogens with one attached hydrogen (secondary N) is 2. The number of imide groups is 1. The van der Waals surface area contributed by atoms with Gasteiger partial charge in [-0.1, -0.05) is 66.5 Å². The van der Waals surface area contributed by atoms with Crippen LogP contribution in [0.5, 0.6) is 0 Å². The van der Waals surface area contributed by atoms with Crippen LogP contribution in [0, 0.1) is 6.92 Å². The minimum absolute atomic E-state index is 0.255. The van der Waals surface area contributed by atoms with Gasteiger partial charge in [-0.05, 0) is 30.5 Å². The Morgan fingerprint density at radius 1 is 1.14 bits per heavy atom. The number of rotatable bonds is 5. The molecule has 1 aliphatic heterocycles. The van der Waals surface area contributed by atoms with E-state index in [0.717, 1.165) is 10.5 Å². The molecule has 1 atom stereocenters. The molecule has 2 aromatic carbocycles. The van der Waals surface area contributed by atoms with Gasteiger partial charge in [0.25, 0.3) is 5.91 Å². The number of hydrogen-bond donors (Lipinski definition) is 2. The first kappa shape index (κ1) is 20.2. The largest absolute Gasteiger partial charge is 0.325 e. The number of carbonyl (C=O) groups is 3. The molecule has 0 aliphatic carbocycles. The van der Waals surface area contributed by atoms with Crippen LogP contribution in [0.1, 0.15) is 24.5 Å². The Hall–Kier alpha value is -2.57. The van der Waals surface area contributed by atoms with Crippen LogP contribution in [0.2, 0.25) is 10.0 Å². The number of benzene rings is 2. The van der Waals surface area contributed by atoms with E-state index in [2.05, 4.69) is 10.6 Å². The summed E-state index contributed by atoms with van der Waals surface area (Å²) in [6.45, 7) is 3.14. The molecule has 1 aliphatic rings. The predicted molar refractivity (Wildman–Crippen MR) is 108 cm³/mol. The third-order valence-corrected chi connectivity index (χ3v) is 5.63. The van der Waals surface area contributed by atoms with Crippen LogP contribution in [0.3, 0.4) is 0 Å². The van der Waals surface area contributed by atoms with Crippen LogP contribution in [0.4, 0.5) is 10.5 Å². The lowest BCUT2D eigenvalue weighted by atomic mass is 9.87. The van der Waals surface area contributed by atoms with E-state index in [1.165, 1.54) is 0 Å². The van der Waals surface area contributed by atoms with Gasteiger partial charge < -0.3 is 10.6 Å². The van der Waals surface area contributed by atoms with Crippen molar-refractivity contribution in [3.63, 3.8) is 0 Å². The first-order chi connectivity index (χ1) is 13.3. The van der Waals surface area contributed by atoms with Crippen molar-refractivity contribution in [2.24, 2.45) is 0 Å². The van der Waals surface area contributed by atoms with Crippen LogP contribution < -0.4 is 10.6 Å². The quantitative estimate of drug-likeness (QED) is 0.715. The normalized spacial score (nSPS) is 18.9. The molecule has 8 heteroatoms. The summed E-state index contributed by atoms with van der Waals surface area (Å²) < 4.78 is 0. The average Bonchev–Trinajstić information content (AvgIpc) is 2.94. The number of hydrogen-bond acceptors (Lipinski definition) is 3. The highest BCUT2D eigenvalue weighted by atomic mass is 35.5. The van der Waals surface area contributed by atoms with Gasteiger partial charge in [0, 0.05) is 0 Å². The molecular formula is C20H19Cl2N3O3. The lowest BCUT2D eigenvalue weighted by Gasteiger charge is -2.25. The summed E-state index contributed by atoms with van der Waals surface area (Å²) in [6, 6.07) is 11.7. The van der Waals surface area contributed by atoms with Gasteiger partial charge >= 0.3 is 6.03 Å². The summed E-state index contributed by atoms with van der Waals surface area (Å²) in [4.78, 5) is 38.9. The standard InChI is InChI=1S/C20H19Cl2N3O3/c1-3-20(13-7-5-4-6-8-13)18(27)25(19(28)24-20)11-15(26)23-17-14(21)10-9-12(2)16(17)22/h4-10H,3,11H2,1-2H3,(H,23,26)(H,24,28)/t20-/m0/s1. The topological polar surface area (TPSA) is 78.5 Å². The molecule has 4 amide bonds. The number of carbonyl (C=O) groups excluding carboxylic acids is 3. The monoisotopic (exact) mass is 419 g/mol. The minimum Gasteiger partial charge on any atom is -0.322 e. The van der Waals surface area contributed by atoms with Crippen molar-refractivity contribution >= 4 is 46.7 Å². The summed E-state index contributed by atoms with van der Waals surface area (Å²) in [5.41, 5.74) is 0.483. The van der Waals surface area contributed by atoms with E-state index in [4.69, 9.17) is 23.2 Å². The third-order valence-electron chi connectivity index (χ3n) is 4.82. The molecule has 3 rings (SSSR count). The van der Waals surface area contributed by atoms with Crippen LogP contribution in [0.25, 0.3) is 0 Å². The Balaban J connectivity index is 1.82. The van der Waals surface area contributed by atoms with E-state index in [9.17, 15) is 14.4 Å². The second-order valence-corrected chi connectivity index (χ2v) is 7.33. The van der Waals surface area contributed by atoms with Crippen LogP contribution in [-0.2, 0) is 15.1 Å². The number of halogens is 2. The van der Waals surface area contributed by atoms with Crippen LogP contribution >= 0.6 is 23.2 Å². The summed E-state index contributed by atoms with van der Waals surface area (Å²) >= 11 is 12.3. The molecule has 146 valence electrons. The summed E-state index contributed by atoms with van der Waals surface area (Å²) in [5.74, 6) is -1.04. The maximum Gasteiger partial charge on any atom is 0.325 e. The molecule has 2 aromatic rings. The van der Waals surface area contributed by atoms with Crippen molar-refractivity contribution in [3.05, 3.63) is 63.6 Å². The van der Waals surface area contributed by atoms with E-state index in [1.54, 1.807) is 50.2 Å². The minimum atomic E-state index is -1.18. The Bertz CT molecular complexity index is 949. The smallest absolute Gasteiger partial charge is 0.322 e. The number of nitrogens with zero attached hydrogens (tertiary/aromatic N) is 1. The lowest BCUT2D eigenvalue weighted by Crippen LogP contribution is -2.44. The highest BCUT2D eigenvalue weighted by Crippen LogP contribution is 2.34. The molecule has 2 N–H and O–H groups in total. The van der Waals surface area contributed by atoms with Gasteiger partial charge in [0.1, 0.15) is 12.1 Å². The average molecular weight is 420 g/mol. The lowest BCUT2D eigenvalue weighted by molar-refractivity contribution is -0.134. The summed E-state index contributed by atoms with van der Waals surface area (Å²) in [6.07, 6.45) is 0.356. The van der Waals surface area contributed by atoms with E-state index < -0.39 is 29.9 Å². The number of urea groups is 1. The molecule has 0 bridgehead atoms. The van der Waals surface area contributed by atoms with Gasteiger partial charge in [-0.25, -0.2) is 4.79 Å². The number of anilines is 1. The molecule has 1 heterocycles. The molecule has 28 heavy (non-hydrogen) atoms. The Morgan fingerprint density at radius 3 is 2.46 bits per heavy atom. The SMILES string of the molecule is CC[C@@]1(c2ccccc2)NC(=O)N(CC(=O)Nc2c(Cl)ccc(C)c2Cl)C1=O. The van der Waals surface area contributed by atoms with Crippen molar-refractivity contribution in [3.8, 4) is 0 Å². The number of amides is 4. The van der Waals surface area contributed by atoms with Crippen molar-refractivity contribution in [2.75, 3.05) is 11.9 Å². The van der Waals surface area contributed by atoms with Crippen LogP contribution in [-0.4, -0.2) is 29.3 Å². The molecule has 1 fully saturated rings. The van der Waals surface area contributed by atoms with Crippen LogP contribution in [0.15, 0.2) is 42.5 Å². The predicted octanol–water partition coefficient (Wildman–Crippen LogP) is 4.10. The second kappa shape index (κ2) is 7.81. The van der Waals surface area contributed by atoms with E-state index >= 15 is 0 Å². The fourth-order valence-corrected chi connectivity index (χ4v) is 3.69. The van der Waals surface area contributed by atoms with E-state index in [0.29, 0.717) is 17.0 Å². The summed E-state index contributed by atoms with van der Waals surface area (Å²) in [5, 5.41) is 5.92. The highest BCUT2D eigenvalue weighted by Gasteiger charge is 2.51. The summed E-state index contributed by atoms with van der Waals surface area (Å²) in [7, 11) is 0. The zero-order chi connectivity index (χ0) is 20.5. The fraction of sp³-hybridized carbons (Fsp3) is 0.250. The molecule has 1 saturated heterocycles. The van der Waals surface area contributed by atoms with Crippen molar-refractivity contribution < 1.29 is 14.4 Å². The maximum absolute atomic E-state index is 13.1. The third kappa shape index (κ3) is 3.45. The molecule has 6 nitrogen and oxygen atoms in total. The van der Waals surface area contributed by atoms with Crippen molar-refractivity contribution in [2.45, 2.75) is 25.8 Å². The molecular weight excluding hydrogens is 401 g/mol. The molecule has 0 saturated carbocycles. The molecule has 0 unspecified atom stereocenters. The fourth-order valence-electron chi connectivity index (χ4n) is 3.23. The molecule has 0 radical (unpaired) electrons. The van der Waals surface area contributed by atoms with Gasteiger partial charge in [0.15, 0.2) is 0 Å². The van der Waals surface area contributed by atoms with Gasteiger partial charge in [0.05, 0.1) is 15.7 Å². The Labute approximate surface area is 172 Å². The van der Waals surface area contributed by atoms with Gasteiger partial charge in [-0.15, -0.1) is 0 Å². The van der Waals surface area contributed by atoms with Gasteiger partial charge in [-0.3, -0.25) is 14.5 Å². The van der Waals surface area contributed by atoms with Crippen molar-refractivity contribution in [1.82, 2.24) is 10.2 Å². The highest BCUT2D eigenvalue weighted by molar-refractivity contribution is 6.40. The second-order valence-electron chi connectivity index (χ2n) is 6.55. The zero-order valence-corrected chi connectivity index (χ0v) is 16.9. The maximum atomic E-state index is 13.1. The van der Waals surface area contributed by atoms with Crippen molar-refractivity contribution in [1.29, 1.82) is 0 Å². The van der Waals surface area contributed by atoms with Gasteiger partial charge in [-0.2, -0.15) is 0 Å². The molecule has 0 spiro atoms. The Morgan fingerprint density at radius 2 is 1.82 bits per heavy atom. The first-order valence-electron chi connectivity index (χ1n) is 8.74. The van der Waals surface area contributed by atoms with E-state index in [1.807, 2.05) is 6.07 Å². The van der Waals surface area contributed by atoms with E-state index in [-0.39, 0.29) is 10.7 Å². The Kier molecular flexibility index (Phi) is 5.63. The first-order valence-corrected chi connectivity index (χ1v) is 9.50. The molecule has 0 aromatic heterocycles. The number of aryl methyl sites for hydroxylation is 1. The zero-order valence-electron chi connectivity index (χ0n) is 15.4.